The zero-order valence-electron chi connectivity index (χ0n) is 11.5. The van der Waals surface area contributed by atoms with E-state index in [1.165, 1.54) is 14.2 Å². The summed E-state index contributed by atoms with van der Waals surface area (Å²) in [5.41, 5.74) is -1.80. The van der Waals surface area contributed by atoms with Crippen molar-refractivity contribution >= 4 is 11.9 Å². The summed E-state index contributed by atoms with van der Waals surface area (Å²) >= 11 is 0. The van der Waals surface area contributed by atoms with E-state index in [2.05, 4.69) is 0 Å². The number of methoxy groups -OCH3 is 2. The van der Waals surface area contributed by atoms with Gasteiger partial charge in [0.05, 0.1) is 25.0 Å². The van der Waals surface area contributed by atoms with Crippen molar-refractivity contribution in [1.29, 1.82) is 0 Å². The maximum absolute atomic E-state index is 12.0. The summed E-state index contributed by atoms with van der Waals surface area (Å²) in [6, 6.07) is 0. The van der Waals surface area contributed by atoms with E-state index in [-0.39, 0.29) is 11.9 Å². The van der Waals surface area contributed by atoms with Crippen molar-refractivity contribution in [3.63, 3.8) is 0 Å². The van der Waals surface area contributed by atoms with Crippen molar-refractivity contribution in [2.75, 3.05) is 14.2 Å². The highest BCUT2D eigenvalue weighted by molar-refractivity contribution is 5.84. The Hall–Kier alpha value is -1.06. The van der Waals surface area contributed by atoms with Gasteiger partial charge in [-0.3, -0.25) is 9.59 Å². The minimum absolute atomic E-state index is 0.255. The molecule has 98 valence electrons. The Balaban J connectivity index is 3.22. The molecular weight excluding hydrogens is 220 g/mol. The highest BCUT2D eigenvalue weighted by Crippen LogP contribution is 2.63. The lowest BCUT2D eigenvalue weighted by Crippen LogP contribution is -2.48. The summed E-state index contributed by atoms with van der Waals surface area (Å²) in [5, 5.41) is 0. The van der Waals surface area contributed by atoms with Gasteiger partial charge < -0.3 is 9.47 Å². The molecule has 0 aromatic heterocycles. The highest BCUT2D eigenvalue weighted by Gasteiger charge is 2.65. The van der Waals surface area contributed by atoms with Crippen LogP contribution in [0.5, 0.6) is 0 Å². The predicted molar refractivity (Wildman–Crippen MR) is 63.3 cm³/mol. The molecule has 17 heavy (non-hydrogen) atoms. The van der Waals surface area contributed by atoms with E-state index in [1.807, 2.05) is 27.7 Å². The molecule has 0 amide bonds. The monoisotopic (exact) mass is 242 g/mol. The van der Waals surface area contributed by atoms with Crippen molar-refractivity contribution in [2.24, 2.45) is 16.2 Å². The van der Waals surface area contributed by atoms with E-state index in [4.69, 9.17) is 9.47 Å². The molecule has 0 aromatic carbocycles. The van der Waals surface area contributed by atoms with Gasteiger partial charge in [-0.15, -0.1) is 0 Å². The molecule has 0 N–H and O–H groups in total. The molecule has 1 rings (SSSR count). The molecule has 1 aliphatic carbocycles. The summed E-state index contributed by atoms with van der Waals surface area (Å²) < 4.78 is 9.78. The lowest BCUT2D eigenvalue weighted by Gasteiger charge is -2.43. The van der Waals surface area contributed by atoms with Gasteiger partial charge >= 0.3 is 11.9 Å². The summed E-state index contributed by atoms with van der Waals surface area (Å²) in [6.07, 6.45) is 1.27. The molecule has 4 heteroatoms. The van der Waals surface area contributed by atoms with Crippen molar-refractivity contribution < 1.29 is 19.1 Å². The quantitative estimate of drug-likeness (QED) is 0.696. The normalized spacial score (nSPS) is 35.4. The molecule has 0 radical (unpaired) electrons. The van der Waals surface area contributed by atoms with Gasteiger partial charge in [-0.2, -0.15) is 0 Å². The van der Waals surface area contributed by atoms with Gasteiger partial charge in [-0.05, 0) is 32.1 Å². The first-order valence-corrected chi connectivity index (χ1v) is 5.84. The van der Waals surface area contributed by atoms with Crippen LogP contribution in [-0.4, -0.2) is 26.2 Å². The topological polar surface area (TPSA) is 52.6 Å². The minimum Gasteiger partial charge on any atom is -0.469 e. The first kappa shape index (κ1) is 14.0. The second-order valence-electron chi connectivity index (χ2n) is 5.77. The first-order chi connectivity index (χ1) is 7.67. The van der Waals surface area contributed by atoms with Crippen molar-refractivity contribution in [3.05, 3.63) is 0 Å². The predicted octanol–water partition coefficient (Wildman–Crippen LogP) is 2.17. The number of ether oxygens (including phenoxy) is 2. The number of hydrogen-bond acceptors (Lipinski definition) is 4. The van der Waals surface area contributed by atoms with E-state index in [0.29, 0.717) is 12.8 Å². The smallest absolute Gasteiger partial charge is 0.312 e. The standard InChI is InChI=1S/C13H22O4/c1-11(2)12(3,9(14)16-5)7-8-13(11,4)10(15)17-6/h7-8H2,1-6H3. The largest absolute Gasteiger partial charge is 0.469 e. The maximum atomic E-state index is 12.0. The van der Waals surface area contributed by atoms with Crippen LogP contribution in [0, 0.1) is 16.2 Å². The number of carbonyl (C=O) groups excluding carboxylic acids is 2. The number of rotatable bonds is 2. The van der Waals surface area contributed by atoms with E-state index in [0.717, 1.165) is 0 Å². The van der Waals surface area contributed by atoms with Crippen LogP contribution in [0.25, 0.3) is 0 Å². The van der Waals surface area contributed by atoms with Crippen LogP contribution in [0.15, 0.2) is 0 Å². The Labute approximate surface area is 103 Å². The van der Waals surface area contributed by atoms with Crippen molar-refractivity contribution in [1.82, 2.24) is 0 Å². The molecule has 0 saturated heterocycles. The second kappa shape index (κ2) is 4.00. The average molecular weight is 242 g/mol. The lowest BCUT2D eigenvalue weighted by atomic mass is 9.59. The van der Waals surface area contributed by atoms with Gasteiger partial charge in [-0.25, -0.2) is 0 Å². The summed E-state index contributed by atoms with van der Waals surface area (Å²) in [7, 11) is 2.77. The van der Waals surface area contributed by atoms with Gasteiger partial charge in [0, 0.05) is 0 Å². The second-order valence-corrected chi connectivity index (χ2v) is 5.77. The molecule has 1 saturated carbocycles. The van der Waals surface area contributed by atoms with Crippen LogP contribution in [-0.2, 0) is 19.1 Å². The zero-order chi connectivity index (χ0) is 13.5. The zero-order valence-corrected chi connectivity index (χ0v) is 11.5. The fourth-order valence-electron chi connectivity index (χ4n) is 2.90. The highest BCUT2D eigenvalue weighted by atomic mass is 16.5. The fourth-order valence-corrected chi connectivity index (χ4v) is 2.90. The number of carbonyl (C=O) groups is 2. The summed E-state index contributed by atoms with van der Waals surface area (Å²) in [4.78, 5) is 24.0. The first-order valence-electron chi connectivity index (χ1n) is 5.84. The van der Waals surface area contributed by atoms with Gasteiger partial charge in [-0.1, -0.05) is 13.8 Å². The summed E-state index contributed by atoms with van der Waals surface area (Å²) in [5.74, 6) is -0.509. The van der Waals surface area contributed by atoms with E-state index < -0.39 is 16.2 Å². The van der Waals surface area contributed by atoms with Crippen LogP contribution < -0.4 is 0 Å². The van der Waals surface area contributed by atoms with Crippen molar-refractivity contribution in [3.8, 4) is 0 Å². The van der Waals surface area contributed by atoms with E-state index in [1.54, 1.807) is 0 Å². The van der Waals surface area contributed by atoms with Crippen LogP contribution in [0.2, 0.25) is 0 Å². The van der Waals surface area contributed by atoms with Gasteiger partial charge in [0.1, 0.15) is 0 Å². The Morgan fingerprint density at radius 1 is 0.824 bits per heavy atom. The maximum Gasteiger partial charge on any atom is 0.312 e. The third kappa shape index (κ3) is 1.57. The minimum atomic E-state index is -0.648. The number of esters is 2. The molecule has 0 bridgehead atoms. The molecule has 0 aromatic rings. The Morgan fingerprint density at radius 2 is 1.12 bits per heavy atom. The molecule has 0 heterocycles. The van der Waals surface area contributed by atoms with Crippen LogP contribution in [0.3, 0.4) is 0 Å². The van der Waals surface area contributed by atoms with E-state index in [9.17, 15) is 9.59 Å². The van der Waals surface area contributed by atoms with Crippen LogP contribution >= 0.6 is 0 Å². The molecule has 1 fully saturated rings. The van der Waals surface area contributed by atoms with E-state index >= 15 is 0 Å². The van der Waals surface area contributed by atoms with Crippen molar-refractivity contribution in [2.45, 2.75) is 40.5 Å². The summed E-state index contributed by atoms with van der Waals surface area (Å²) in [6.45, 7) is 7.61. The molecule has 0 aliphatic heterocycles. The third-order valence-electron chi connectivity index (χ3n) is 5.16. The lowest BCUT2D eigenvalue weighted by molar-refractivity contribution is -0.169. The molecule has 4 nitrogen and oxygen atoms in total. The average Bonchev–Trinajstić information content (AvgIpc) is 2.49. The SMILES string of the molecule is COC(=O)C1(C)CCC(C)(C(=O)OC)C1(C)C. The molecule has 2 unspecified atom stereocenters. The fraction of sp³-hybridized carbons (Fsp3) is 0.846. The van der Waals surface area contributed by atoms with Gasteiger partial charge in [0.2, 0.25) is 0 Å². The number of hydrogen-bond donors (Lipinski definition) is 0. The molecule has 1 aliphatic rings. The molecule has 0 spiro atoms. The van der Waals surface area contributed by atoms with Crippen LogP contribution in [0.4, 0.5) is 0 Å². The Morgan fingerprint density at radius 3 is 1.35 bits per heavy atom. The third-order valence-corrected chi connectivity index (χ3v) is 5.16. The molecule has 2 atom stereocenters. The van der Waals surface area contributed by atoms with Gasteiger partial charge in [0.15, 0.2) is 0 Å². The molecular formula is C13H22O4. The van der Waals surface area contributed by atoms with Gasteiger partial charge in [0.25, 0.3) is 0 Å². The Bertz CT molecular complexity index is 315. The van der Waals surface area contributed by atoms with Crippen LogP contribution in [0.1, 0.15) is 40.5 Å². The Kier molecular flexibility index (Phi) is 3.29.